The predicted octanol–water partition coefficient (Wildman–Crippen LogP) is 2.95. The number of nitrogens with one attached hydrogen (secondary N) is 1. The summed E-state index contributed by atoms with van der Waals surface area (Å²) in [4.78, 5) is 0. The summed E-state index contributed by atoms with van der Waals surface area (Å²) in [6.45, 7) is 2.58. The molecule has 19 heavy (non-hydrogen) atoms. The van der Waals surface area contributed by atoms with Crippen LogP contribution in [0.3, 0.4) is 0 Å². The second kappa shape index (κ2) is 6.63. The van der Waals surface area contributed by atoms with E-state index in [1.807, 2.05) is 43.4 Å². The largest absolute Gasteiger partial charge is 0.478 e. The van der Waals surface area contributed by atoms with Crippen molar-refractivity contribution in [3.05, 3.63) is 65.2 Å². The fourth-order valence-electron chi connectivity index (χ4n) is 1.57. The maximum absolute atomic E-state index is 5.43. The van der Waals surface area contributed by atoms with Gasteiger partial charge in [0.05, 0.1) is 0 Å². The monoisotopic (exact) mass is 251 g/mol. The lowest BCUT2D eigenvalue weighted by Gasteiger charge is -2.03. The molecular formula is C17H17NO. The summed E-state index contributed by atoms with van der Waals surface area (Å²) in [5, 5.41) is 2.93. The standard InChI is InChI=1S/C17H17NO/c1-14-3-5-15(6-4-14)7-8-16-9-11-17(12-10-16)19-13-18-2/h3-6,9-12,18H,13H2,1-2H3. The van der Waals surface area contributed by atoms with Crippen LogP contribution in [0, 0.1) is 18.8 Å². The minimum atomic E-state index is 0.508. The lowest BCUT2D eigenvalue weighted by Crippen LogP contribution is -2.13. The Bertz CT molecular complexity index is 573. The van der Waals surface area contributed by atoms with Crippen molar-refractivity contribution in [1.82, 2.24) is 5.32 Å². The van der Waals surface area contributed by atoms with Crippen LogP contribution in [0.4, 0.5) is 0 Å². The highest BCUT2D eigenvalue weighted by Gasteiger charge is 1.92. The topological polar surface area (TPSA) is 21.3 Å². The molecule has 1 N–H and O–H groups in total. The van der Waals surface area contributed by atoms with Crippen molar-refractivity contribution in [3.63, 3.8) is 0 Å². The first-order valence-corrected chi connectivity index (χ1v) is 6.24. The van der Waals surface area contributed by atoms with Crippen molar-refractivity contribution in [3.8, 4) is 17.6 Å². The second-order valence-corrected chi connectivity index (χ2v) is 4.28. The van der Waals surface area contributed by atoms with E-state index in [0.717, 1.165) is 16.9 Å². The Hall–Kier alpha value is -2.24. The van der Waals surface area contributed by atoms with Crippen LogP contribution in [0.25, 0.3) is 0 Å². The Morgan fingerprint density at radius 1 is 0.895 bits per heavy atom. The van der Waals surface area contributed by atoms with Crippen molar-refractivity contribution in [2.45, 2.75) is 6.92 Å². The maximum atomic E-state index is 5.43. The summed E-state index contributed by atoms with van der Waals surface area (Å²) in [5.74, 6) is 7.13. The molecule has 2 nitrogen and oxygen atoms in total. The lowest BCUT2D eigenvalue weighted by atomic mass is 10.1. The number of hydrogen-bond donors (Lipinski definition) is 1. The molecule has 96 valence electrons. The number of benzene rings is 2. The molecule has 0 aliphatic carbocycles. The van der Waals surface area contributed by atoms with Crippen LogP contribution in [0.5, 0.6) is 5.75 Å². The van der Waals surface area contributed by atoms with Crippen molar-refractivity contribution in [2.24, 2.45) is 0 Å². The summed E-state index contributed by atoms with van der Waals surface area (Å²) >= 11 is 0. The molecule has 0 aliphatic heterocycles. The van der Waals surface area contributed by atoms with Gasteiger partial charge in [-0.2, -0.15) is 0 Å². The van der Waals surface area contributed by atoms with Gasteiger partial charge in [0.15, 0.2) is 0 Å². The van der Waals surface area contributed by atoms with Gasteiger partial charge in [0.2, 0.25) is 0 Å². The van der Waals surface area contributed by atoms with Crippen LogP contribution in [0.1, 0.15) is 16.7 Å². The van der Waals surface area contributed by atoms with Crippen molar-refractivity contribution in [1.29, 1.82) is 0 Å². The zero-order valence-electron chi connectivity index (χ0n) is 11.2. The van der Waals surface area contributed by atoms with Gasteiger partial charge in [-0.1, -0.05) is 29.5 Å². The maximum Gasteiger partial charge on any atom is 0.139 e. The van der Waals surface area contributed by atoms with E-state index >= 15 is 0 Å². The zero-order valence-corrected chi connectivity index (χ0v) is 11.2. The average molecular weight is 251 g/mol. The molecule has 2 heteroatoms. The van der Waals surface area contributed by atoms with E-state index in [2.05, 4.69) is 36.2 Å². The summed E-state index contributed by atoms with van der Waals surface area (Å²) < 4.78 is 5.43. The van der Waals surface area contributed by atoms with Crippen LogP contribution >= 0.6 is 0 Å². The van der Waals surface area contributed by atoms with E-state index < -0.39 is 0 Å². The quantitative estimate of drug-likeness (QED) is 0.669. The van der Waals surface area contributed by atoms with Crippen molar-refractivity contribution >= 4 is 0 Å². The first-order chi connectivity index (χ1) is 9.28. The molecule has 0 atom stereocenters. The molecule has 0 heterocycles. The Morgan fingerprint density at radius 3 is 1.95 bits per heavy atom. The molecule has 0 aromatic heterocycles. The first kappa shape index (κ1) is 13.2. The predicted molar refractivity (Wildman–Crippen MR) is 78.2 cm³/mol. The van der Waals surface area contributed by atoms with Crippen molar-refractivity contribution < 1.29 is 4.74 Å². The first-order valence-electron chi connectivity index (χ1n) is 6.24. The Labute approximate surface area is 114 Å². The van der Waals surface area contributed by atoms with Crippen LogP contribution in [0.15, 0.2) is 48.5 Å². The summed E-state index contributed by atoms with van der Waals surface area (Å²) in [5.41, 5.74) is 3.26. The highest BCUT2D eigenvalue weighted by molar-refractivity contribution is 5.44. The lowest BCUT2D eigenvalue weighted by molar-refractivity contribution is 0.296. The van der Waals surface area contributed by atoms with Gasteiger partial charge in [-0.05, 0) is 50.4 Å². The third-order valence-corrected chi connectivity index (χ3v) is 2.64. The smallest absolute Gasteiger partial charge is 0.139 e. The van der Waals surface area contributed by atoms with Crippen LogP contribution in [-0.2, 0) is 0 Å². The molecule has 0 bridgehead atoms. The molecule has 0 saturated heterocycles. The van der Waals surface area contributed by atoms with Gasteiger partial charge in [0, 0.05) is 11.1 Å². The molecule has 2 rings (SSSR count). The minimum absolute atomic E-state index is 0.508. The molecule has 2 aromatic rings. The Morgan fingerprint density at radius 2 is 1.42 bits per heavy atom. The van der Waals surface area contributed by atoms with Gasteiger partial charge >= 0.3 is 0 Å². The number of ether oxygens (including phenoxy) is 1. The minimum Gasteiger partial charge on any atom is -0.478 e. The van der Waals surface area contributed by atoms with Crippen LogP contribution in [0.2, 0.25) is 0 Å². The highest BCUT2D eigenvalue weighted by atomic mass is 16.5. The molecule has 0 spiro atoms. The van der Waals surface area contributed by atoms with E-state index in [1.165, 1.54) is 5.56 Å². The zero-order chi connectivity index (χ0) is 13.5. The molecule has 0 unspecified atom stereocenters. The van der Waals surface area contributed by atoms with Gasteiger partial charge < -0.3 is 4.74 Å². The molecule has 0 amide bonds. The van der Waals surface area contributed by atoms with Crippen LogP contribution in [-0.4, -0.2) is 13.8 Å². The highest BCUT2D eigenvalue weighted by Crippen LogP contribution is 2.11. The van der Waals surface area contributed by atoms with Gasteiger partial charge in [-0.25, -0.2) is 0 Å². The second-order valence-electron chi connectivity index (χ2n) is 4.28. The van der Waals surface area contributed by atoms with E-state index in [1.54, 1.807) is 0 Å². The fraction of sp³-hybridized carbons (Fsp3) is 0.176. The number of aryl methyl sites for hydroxylation is 1. The number of rotatable bonds is 3. The normalized spacial score (nSPS) is 9.58. The molecule has 0 radical (unpaired) electrons. The van der Waals surface area contributed by atoms with Crippen molar-refractivity contribution in [2.75, 3.05) is 13.8 Å². The van der Waals surface area contributed by atoms with E-state index in [-0.39, 0.29) is 0 Å². The van der Waals surface area contributed by atoms with Gasteiger partial charge in [-0.15, -0.1) is 0 Å². The SMILES string of the molecule is CNCOc1ccc(C#Cc2ccc(C)cc2)cc1. The third-order valence-electron chi connectivity index (χ3n) is 2.64. The Balaban J connectivity index is 2.05. The molecular weight excluding hydrogens is 234 g/mol. The fourth-order valence-corrected chi connectivity index (χ4v) is 1.57. The van der Waals surface area contributed by atoms with E-state index in [0.29, 0.717) is 6.73 Å². The summed E-state index contributed by atoms with van der Waals surface area (Å²) in [6, 6.07) is 16.0. The molecule has 0 saturated carbocycles. The Kier molecular flexibility index (Phi) is 4.60. The molecule has 0 fully saturated rings. The van der Waals surface area contributed by atoms with E-state index in [9.17, 15) is 0 Å². The summed E-state index contributed by atoms with van der Waals surface area (Å²) in [6.07, 6.45) is 0. The summed E-state index contributed by atoms with van der Waals surface area (Å²) in [7, 11) is 1.85. The molecule has 0 aliphatic rings. The van der Waals surface area contributed by atoms with E-state index in [4.69, 9.17) is 4.74 Å². The molecule has 2 aromatic carbocycles. The van der Waals surface area contributed by atoms with Crippen LogP contribution < -0.4 is 10.1 Å². The van der Waals surface area contributed by atoms with Gasteiger partial charge in [0.1, 0.15) is 12.5 Å². The van der Waals surface area contributed by atoms with Gasteiger partial charge in [-0.3, -0.25) is 5.32 Å². The number of hydrogen-bond acceptors (Lipinski definition) is 2. The average Bonchev–Trinajstić information content (AvgIpc) is 2.46. The van der Waals surface area contributed by atoms with Gasteiger partial charge in [0.25, 0.3) is 0 Å². The third kappa shape index (κ3) is 4.17.